The molecule has 0 saturated heterocycles. The number of rotatable bonds is 68. The molecule has 0 spiro atoms. The molecule has 0 aromatic rings. The van der Waals surface area contributed by atoms with Gasteiger partial charge < -0.3 is 20.3 Å². The number of nitrogens with one attached hydrogen (secondary N) is 1. The second-order valence-electron chi connectivity index (χ2n) is 24.9. The van der Waals surface area contributed by atoms with Crippen molar-refractivity contribution in [3.05, 3.63) is 36.5 Å². The van der Waals surface area contributed by atoms with Crippen LogP contribution in [0.1, 0.15) is 399 Å². The van der Waals surface area contributed by atoms with Crippen molar-refractivity contribution in [2.45, 2.75) is 411 Å². The maximum absolute atomic E-state index is 12.5. The first-order valence-corrected chi connectivity index (χ1v) is 36.2. The number of aliphatic hydroxyl groups is 2. The standard InChI is InChI=1S/C74H141NO5/c1-3-5-7-9-11-13-15-17-19-21-31-36-40-44-48-52-56-60-64-68-74(79)80-69-65-61-57-53-49-45-41-37-33-30-28-26-24-22-23-25-27-29-32-35-39-43-47-51-55-59-63-67-73(78)75-71(70-76)72(77)66-62-58-54-50-46-42-38-34-20-18-16-14-12-10-8-6-4-2/h11,13,17,19,22-23,71-72,76-77H,3-10,12,14-16,18,20-21,24-70H2,1-2H3,(H,75,78)/b13-11-,19-17-,23-22-. The van der Waals surface area contributed by atoms with Crippen LogP contribution in [0.25, 0.3) is 0 Å². The van der Waals surface area contributed by atoms with Crippen LogP contribution < -0.4 is 5.32 Å². The Hall–Kier alpha value is -1.92. The van der Waals surface area contributed by atoms with E-state index in [1.54, 1.807) is 0 Å². The summed E-state index contributed by atoms with van der Waals surface area (Å²) in [5, 5.41) is 23.4. The molecule has 2 unspecified atom stereocenters. The van der Waals surface area contributed by atoms with Crippen molar-refractivity contribution >= 4 is 11.9 Å². The van der Waals surface area contributed by atoms with E-state index < -0.39 is 12.1 Å². The van der Waals surface area contributed by atoms with Gasteiger partial charge in [-0.1, -0.05) is 339 Å². The predicted octanol–water partition coefficient (Wildman–Crippen LogP) is 23.5. The van der Waals surface area contributed by atoms with Crippen LogP contribution in [0.5, 0.6) is 0 Å². The van der Waals surface area contributed by atoms with Gasteiger partial charge in [0.05, 0.1) is 25.4 Å². The minimum Gasteiger partial charge on any atom is -0.466 e. The minimum atomic E-state index is -0.665. The summed E-state index contributed by atoms with van der Waals surface area (Å²) in [6, 6.07) is -0.543. The molecule has 0 bridgehead atoms. The van der Waals surface area contributed by atoms with E-state index >= 15 is 0 Å². The van der Waals surface area contributed by atoms with Gasteiger partial charge in [0.2, 0.25) is 5.91 Å². The Labute approximate surface area is 500 Å². The molecule has 0 saturated carbocycles. The quantitative estimate of drug-likeness (QED) is 0.0320. The van der Waals surface area contributed by atoms with Crippen LogP contribution in [0.2, 0.25) is 0 Å². The molecule has 1 amide bonds. The molecule has 0 radical (unpaired) electrons. The zero-order chi connectivity index (χ0) is 57.8. The number of aliphatic hydroxyl groups excluding tert-OH is 2. The molecule has 6 nitrogen and oxygen atoms in total. The molecule has 0 rings (SSSR count). The lowest BCUT2D eigenvalue weighted by Gasteiger charge is -2.22. The highest BCUT2D eigenvalue weighted by Crippen LogP contribution is 2.19. The second-order valence-corrected chi connectivity index (χ2v) is 24.9. The number of carbonyl (C=O) groups excluding carboxylic acids is 2. The third kappa shape index (κ3) is 65.2. The third-order valence-electron chi connectivity index (χ3n) is 16.9. The largest absolute Gasteiger partial charge is 0.466 e. The fourth-order valence-electron chi connectivity index (χ4n) is 11.4. The number of hydrogen-bond acceptors (Lipinski definition) is 5. The number of unbranched alkanes of at least 4 members (excludes halogenated alkanes) is 51. The minimum absolute atomic E-state index is 0.0119. The molecule has 0 aliphatic rings. The van der Waals surface area contributed by atoms with Crippen LogP contribution in [0.3, 0.4) is 0 Å². The fourth-order valence-corrected chi connectivity index (χ4v) is 11.4. The molecule has 472 valence electrons. The van der Waals surface area contributed by atoms with E-state index in [-0.39, 0.29) is 18.5 Å². The average Bonchev–Trinajstić information content (AvgIpc) is 3.46. The van der Waals surface area contributed by atoms with Gasteiger partial charge in [-0.25, -0.2) is 0 Å². The van der Waals surface area contributed by atoms with Crippen molar-refractivity contribution in [1.29, 1.82) is 0 Å². The van der Waals surface area contributed by atoms with E-state index in [9.17, 15) is 19.8 Å². The van der Waals surface area contributed by atoms with Gasteiger partial charge >= 0.3 is 5.97 Å². The van der Waals surface area contributed by atoms with Crippen molar-refractivity contribution < 1.29 is 24.5 Å². The van der Waals surface area contributed by atoms with Crippen LogP contribution in [-0.2, 0) is 14.3 Å². The van der Waals surface area contributed by atoms with Crippen LogP contribution >= 0.6 is 0 Å². The highest BCUT2D eigenvalue weighted by molar-refractivity contribution is 5.76. The molecule has 2 atom stereocenters. The van der Waals surface area contributed by atoms with Gasteiger partial charge in [0.1, 0.15) is 0 Å². The molecule has 0 aliphatic carbocycles. The van der Waals surface area contributed by atoms with E-state index in [1.807, 2.05) is 0 Å². The lowest BCUT2D eigenvalue weighted by atomic mass is 10.0. The summed E-state index contributed by atoms with van der Waals surface area (Å²) < 4.78 is 5.51. The predicted molar refractivity (Wildman–Crippen MR) is 352 cm³/mol. The van der Waals surface area contributed by atoms with Crippen molar-refractivity contribution in [2.24, 2.45) is 0 Å². The van der Waals surface area contributed by atoms with E-state index in [0.717, 1.165) is 51.4 Å². The summed E-state index contributed by atoms with van der Waals surface area (Å²) in [5.41, 5.74) is 0. The van der Waals surface area contributed by atoms with Crippen molar-refractivity contribution in [3.8, 4) is 0 Å². The van der Waals surface area contributed by atoms with Crippen LogP contribution in [-0.4, -0.2) is 47.4 Å². The Balaban J connectivity index is 3.37. The molecular formula is C74H141NO5. The average molecular weight is 1120 g/mol. The molecule has 0 fully saturated rings. The molecule has 80 heavy (non-hydrogen) atoms. The summed E-state index contributed by atoms with van der Waals surface area (Å²) in [6.45, 7) is 4.96. The lowest BCUT2D eigenvalue weighted by Crippen LogP contribution is -2.45. The maximum atomic E-state index is 12.5. The first-order valence-electron chi connectivity index (χ1n) is 36.2. The van der Waals surface area contributed by atoms with Gasteiger partial charge in [-0.2, -0.15) is 0 Å². The molecule has 6 heteroatoms. The summed E-state index contributed by atoms with van der Waals surface area (Å²) in [4.78, 5) is 24.6. The fraction of sp³-hybridized carbons (Fsp3) is 0.892. The number of esters is 1. The van der Waals surface area contributed by atoms with E-state index in [0.29, 0.717) is 25.9 Å². The van der Waals surface area contributed by atoms with Crippen LogP contribution in [0.4, 0.5) is 0 Å². The molecule has 0 aliphatic heterocycles. The third-order valence-corrected chi connectivity index (χ3v) is 16.9. The zero-order valence-electron chi connectivity index (χ0n) is 54.1. The molecular weight excluding hydrogens is 983 g/mol. The Morgan fingerprint density at radius 2 is 0.625 bits per heavy atom. The number of carbonyl (C=O) groups is 2. The second kappa shape index (κ2) is 69.6. The molecule has 0 heterocycles. The molecule has 3 N–H and O–H groups in total. The van der Waals surface area contributed by atoms with Gasteiger partial charge in [-0.05, 0) is 83.5 Å². The SMILES string of the molecule is CCCCC/C=C\C/C=C\CCCCCCCCCCCC(=O)OCCCCCCCCCCCCCC/C=C\CCCCCCCCCCCCCC(=O)NC(CO)C(O)CCCCCCCCCCCCCCCCCCC. The molecule has 0 aromatic carbocycles. The van der Waals surface area contributed by atoms with Crippen molar-refractivity contribution in [1.82, 2.24) is 5.32 Å². The van der Waals surface area contributed by atoms with Crippen LogP contribution in [0, 0.1) is 0 Å². The Morgan fingerprint density at radius 1 is 0.350 bits per heavy atom. The van der Waals surface area contributed by atoms with E-state index in [2.05, 4.69) is 55.6 Å². The van der Waals surface area contributed by atoms with Gasteiger partial charge in [0.15, 0.2) is 0 Å². The van der Waals surface area contributed by atoms with Crippen molar-refractivity contribution in [3.63, 3.8) is 0 Å². The Morgan fingerprint density at radius 3 is 0.988 bits per heavy atom. The first kappa shape index (κ1) is 78.1. The Bertz CT molecular complexity index is 1300. The summed E-state index contributed by atoms with van der Waals surface area (Å²) in [5.74, 6) is -0.0207. The van der Waals surface area contributed by atoms with E-state index in [4.69, 9.17) is 4.74 Å². The topological polar surface area (TPSA) is 95.9 Å². The number of ether oxygens (including phenoxy) is 1. The van der Waals surface area contributed by atoms with Gasteiger partial charge in [0, 0.05) is 12.8 Å². The van der Waals surface area contributed by atoms with Gasteiger partial charge in [-0.15, -0.1) is 0 Å². The highest BCUT2D eigenvalue weighted by atomic mass is 16.5. The number of allylic oxidation sites excluding steroid dienone is 6. The Kier molecular flexibility index (Phi) is 67.9. The highest BCUT2D eigenvalue weighted by Gasteiger charge is 2.20. The zero-order valence-corrected chi connectivity index (χ0v) is 54.1. The monoisotopic (exact) mass is 1120 g/mol. The summed E-state index contributed by atoms with van der Waals surface area (Å²) in [7, 11) is 0. The molecule has 0 aromatic heterocycles. The normalized spacial score (nSPS) is 12.7. The lowest BCUT2D eigenvalue weighted by molar-refractivity contribution is -0.143. The maximum Gasteiger partial charge on any atom is 0.305 e. The smallest absolute Gasteiger partial charge is 0.305 e. The number of hydrogen-bond donors (Lipinski definition) is 3. The summed E-state index contributed by atoms with van der Waals surface area (Å²) >= 11 is 0. The van der Waals surface area contributed by atoms with Crippen molar-refractivity contribution in [2.75, 3.05) is 13.2 Å². The van der Waals surface area contributed by atoms with Gasteiger partial charge in [-0.3, -0.25) is 9.59 Å². The van der Waals surface area contributed by atoms with E-state index in [1.165, 1.54) is 315 Å². The van der Waals surface area contributed by atoms with Crippen LogP contribution in [0.15, 0.2) is 36.5 Å². The number of amides is 1. The summed E-state index contributed by atoms with van der Waals surface area (Å²) in [6.07, 6.45) is 89.1. The van der Waals surface area contributed by atoms with Gasteiger partial charge in [0.25, 0.3) is 0 Å². The first-order chi connectivity index (χ1) is 39.5.